The number of rotatable bonds is 4. The molecule has 1 rings (SSSR count). The minimum Gasteiger partial charge on any atom is -0.391 e. The van der Waals surface area contributed by atoms with Gasteiger partial charge in [-0.3, -0.25) is 0 Å². The summed E-state index contributed by atoms with van der Waals surface area (Å²) in [5.74, 6) is 0. The molecule has 0 aromatic carbocycles. The molecule has 1 aromatic rings. The molecule has 0 saturated heterocycles. The van der Waals surface area contributed by atoms with Crippen molar-refractivity contribution in [1.82, 2.24) is 9.84 Å². The van der Waals surface area contributed by atoms with Crippen LogP contribution in [0.1, 0.15) is 4.88 Å². The molecular formula is C7H12N2O3S2. The highest BCUT2D eigenvalue weighted by molar-refractivity contribution is 7.91. The number of hydrogen-bond donors (Lipinski definition) is 2. The van der Waals surface area contributed by atoms with E-state index < -0.39 is 10.0 Å². The zero-order valence-electron chi connectivity index (χ0n) is 7.89. The van der Waals surface area contributed by atoms with Crippen LogP contribution in [0.25, 0.3) is 0 Å². The zero-order valence-corrected chi connectivity index (χ0v) is 9.52. The molecule has 0 aliphatic heterocycles. The summed E-state index contributed by atoms with van der Waals surface area (Å²) in [5.41, 5.74) is 0. The molecule has 0 bridgehead atoms. The van der Waals surface area contributed by atoms with Gasteiger partial charge in [-0.25, -0.2) is 13.4 Å². The van der Waals surface area contributed by atoms with Crippen molar-refractivity contribution in [2.24, 2.45) is 0 Å². The number of hydrazine groups is 1. The van der Waals surface area contributed by atoms with Crippen molar-refractivity contribution in [3.05, 3.63) is 17.0 Å². The van der Waals surface area contributed by atoms with Crippen molar-refractivity contribution in [1.29, 1.82) is 0 Å². The summed E-state index contributed by atoms with van der Waals surface area (Å²) in [4.78, 5) is 2.94. The number of sulfonamides is 1. The molecule has 7 heteroatoms. The van der Waals surface area contributed by atoms with Crippen LogP contribution in [0, 0.1) is 0 Å². The van der Waals surface area contributed by atoms with Gasteiger partial charge in [-0.15, -0.1) is 16.2 Å². The monoisotopic (exact) mass is 236 g/mol. The first-order chi connectivity index (χ1) is 6.45. The fraction of sp³-hybridized carbons (Fsp3) is 0.429. The number of thiophene rings is 1. The van der Waals surface area contributed by atoms with Crippen molar-refractivity contribution in [3.63, 3.8) is 0 Å². The van der Waals surface area contributed by atoms with Crippen LogP contribution in [0.5, 0.6) is 0 Å². The second kappa shape index (κ2) is 4.37. The summed E-state index contributed by atoms with van der Waals surface area (Å²) in [7, 11) is -0.275. The Hall–Kier alpha value is -0.470. The Kier molecular flexibility index (Phi) is 3.62. The molecule has 0 spiro atoms. The molecule has 1 aromatic heterocycles. The van der Waals surface area contributed by atoms with E-state index in [1.807, 2.05) is 0 Å². The lowest BCUT2D eigenvalue weighted by molar-refractivity contribution is 0.285. The smallest absolute Gasteiger partial charge is 0.262 e. The highest BCUT2D eigenvalue weighted by Gasteiger charge is 2.16. The van der Waals surface area contributed by atoms with Crippen LogP contribution in [0.2, 0.25) is 0 Å². The summed E-state index contributed by atoms with van der Waals surface area (Å²) < 4.78 is 23.3. The van der Waals surface area contributed by atoms with Crippen molar-refractivity contribution in [2.75, 3.05) is 14.1 Å². The third-order valence-electron chi connectivity index (χ3n) is 1.36. The van der Waals surface area contributed by atoms with Crippen molar-refractivity contribution >= 4 is 21.4 Å². The predicted octanol–water partition coefficient (Wildman–Crippen LogP) is -0.00470. The van der Waals surface area contributed by atoms with Crippen LogP contribution in [0.4, 0.5) is 0 Å². The van der Waals surface area contributed by atoms with E-state index in [0.717, 1.165) is 11.3 Å². The molecule has 0 radical (unpaired) electrons. The zero-order chi connectivity index (χ0) is 10.8. The molecule has 0 aliphatic carbocycles. The number of nitrogens with zero attached hydrogens (tertiary/aromatic N) is 1. The Balaban J connectivity index is 2.93. The Labute approximate surface area is 87.0 Å². The van der Waals surface area contributed by atoms with E-state index in [-0.39, 0.29) is 10.8 Å². The lowest BCUT2D eigenvalue weighted by atomic mass is 10.5. The Morgan fingerprint density at radius 1 is 1.50 bits per heavy atom. The molecular weight excluding hydrogens is 224 g/mol. The van der Waals surface area contributed by atoms with Crippen molar-refractivity contribution in [3.8, 4) is 0 Å². The predicted molar refractivity (Wildman–Crippen MR) is 54.3 cm³/mol. The van der Waals surface area contributed by atoms with Gasteiger partial charge < -0.3 is 5.11 Å². The maximum atomic E-state index is 11.5. The van der Waals surface area contributed by atoms with E-state index in [4.69, 9.17) is 5.11 Å². The van der Waals surface area contributed by atoms with Gasteiger partial charge in [0, 0.05) is 19.0 Å². The average Bonchev–Trinajstić information content (AvgIpc) is 2.49. The Bertz CT molecular complexity index is 397. The van der Waals surface area contributed by atoms with Gasteiger partial charge in [0.15, 0.2) is 0 Å². The second-order valence-electron chi connectivity index (χ2n) is 2.87. The van der Waals surface area contributed by atoms with Gasteiger partial charge in [0.1, 0.15) is 4.21 Å². The number of aliphatic hydroxyl groups excluding tert-OH is 1. The van der Waals surface area contributed by atoms with Crippen LogP contribution in [-0.2, 0) is 16.6 Å². The molecule has 80 valence electrons. The Morgan fingerprint density at radius 3 is 2.57 bits per heavy atom. The molecule has 2 N–H and O–H groups in total. The van der Waals surface area contributed by atoms with E-state index in [1.54, 1.807) is 20.2 Å². The lowest BCUT2D eigenvalue weighted by Gasteiger charge is -2.10. The van der Waals surface area contributed by atoms with Crippen LogP contribution < -0.4 is 4.83 Å². The maximum absolute atomic E-state index is 11.5. The molecule has 0 atom stereocenters. The third kappa shape index (κ3) is 2.76. The summed E-state index contributed by atoms with van der Waals surface area (Å²) >= 11 is 1.05. The van der Waals surface area contributed by atoms with E-state index in [2.05, 4.69) is 4.83 Å². The summed E-state index contributed by atoms with van der Waals surface area (Å²) in [6.45, 7) is -0.137. The minimum atomic E-state index is -3.47. The molecule has 5 nitrogen and oxygen atoms in total. The molecule has 0 fully saturated rings. The molecule has 14 heavy (non-hydrogen) atoms. The fourth-order valence-corrected chi connectivity index (χ4v) is 3.16. The SMILES string of the molecule is CN(C)NS(=O)(=O)c1ccc(CO)s1. The normalized spacial score (nSPS) is 12.3. The third-order valence-corrected chi connectivity index (χ3v) is 4.40. The molecule has 0 amide bonds. The minimum absolute atomic E-state index is 0.137. The highest BCUT2D eigenvalue weighted by Crippen LogP contribution is 2.21. The van der Waals surface area contributed by atoms with Gasteiger partial charge in [-0.05, 0) is 12.1 Å². The summed E-state index contributed by atoms with van der Waals surface area (Å²) in [6.07, 6.45) is 0. The molecule has 0 aliphatic rings. The largest absolute Gasteiger partial charge is 0.391 e. The first-order valence-corrected chi connectivity index (χ1v) is 6.15. The average molecular weight is 236 g/mol. The van der Waals surface area contributed by atoms with Crippen LogP contribution in [0.3, 0.4) is 0 Å². The molecule has 0 saturated carbocycles. The standard InChI is InChI=1S/C7H12N2O3S2/c1-9(2)8-14(11,12)7-4-3-6(5-10)13-7/h3-4,8,10H,5H2,1-2H3. The summed E-state index contributed by atoms with van der Waals surface area (Å²) in [5, 5.41) is 10.1. The van der Waals surface area contributed by atoms with Crippen LogP contribution >= 0.6 is 11.3 Å². The van der Waals surface area contributed by atoms with Crippen LogP contribution in [0.15, 0.2) is 16.3 Å². The van der Waals surface area contributed by atoms with Gasteiger partial charge in [0.2, 0.25) is 0 Å². The van der Waals surface area contributed by atoms with E-state index >= 15 is 0 Å². The van der Waals surface area contributed by atoms with Gasteiger partial charge in [0.25, 0.3) is 10.0 Å². The quantitative estimate of drug-likeness (QED) is 0.722. The second-order valence-corrected chi connectivity index (χ2v) is 5.92. The van der Waals surface area contributed by atoms with E-state index in [0.29, 0.717) is 4.88 Å². The fourth-order valence-electron chi connectivity index (χ4n) is 0.873. The number of hydrogen-bond acceptors (Lipinski definition) is 5. The molecule has 0 unspecified atom stereocenters. The Morgan fingerprint density at radius 2 is 2.14 bits per heavy atom. The molecule has 1 heterocycles. The first kappa shape index (κ1) is 11.6. The van der Waals surface area contributed by atoms with Gasteiger partial charge in [-0.2, -0.15) is 0 Å². The van der Waals surface area contributed by atoms with Crippen LogP contribution in [-0.4, -0.2) is 32.6 Å². The number of nitrogens with one attached hydrogen (secondary N) is 1. The summed E-state index contributed by atoms with van der Waals surface area (Å²) in [6, 6.07) is 3.07. The van der Waals surface area contributed by atoms with Gasteiger partial charge in [-0.1, -0.05) is 0 Å². The first-order valence-electron chi connectivity index (χ1n) is 3.85. The van der Waals surface area contributed by atoms with E-state index in [1.165, 1.54) is 11.1 Å². The van der Waals surface area contributed by atoms with Crippen molar-refractivity contribution < 1.29 is 13.5 Å². The lowest BCUT2D eigenvalue weighted by Crippen LogP contribution is -2.35. The highest BCUT2D eigenvalue weighted by atomic mass is 32.2. The van der Waals surface area contributed by atoms with Gasteiger partial charge in [0.05, 0.1) is 6.61 Å². The van der Waals surface area contributed by atoms with Crippen molar-refractivity contribution in [2.45, 2.75) is 10.8 Å². The number of aliphatic hydroxyl groups is 1. The topological polar surface area (TPSA) is 69.6 Å². The van der Waals surface area contributed by atoms with E-state index in [9.17, 15) is 8.42 Å². The maximum Gasteiger partial charge on any atom is 0.262 e. The van der Waals surface area contributed by atoms with Gasteiger partial charge >= 0.3 is 0 Å².